The lowest BCUT2D eigenvalue weighted by atomic mass is 10.1. The standard InChI is InChI=1S/C15H18ClN3O/c1-3-12-18-14(15(17)19(12)9-7-8-9)13-10(16)5-4-6-11(13)20-2/h4-6,9H,3,7-8,17H2,1-2H3. The molecule has 20 heavy (non-hydrogen) atoms. The molecular formula is C15H18ClN3O. The van der Waals surface area contributed by atoms with E-state index in [1.54, 1.807) is 7.11 Å². The molecule has 0 saturated heterocycles. The molecule has 1 aromatic carbocycles. The first-order valence-electron chi connectivity index (χ1n) is 6.86. The third-order valence-electron chi connectivity index (χ3n) is 3.68. The molecule has 106 valence electrons. The summed E-state index contributed by atoms with van der Waals surface area (Å²) < 4.78 is 7.56. The van der Waals surface area contributed by atoms with Gasteiger partial charge in [0.15, 0.2) is 0 Å². The van der Waals surface area contributed by atoms with Crippen LogP contribution in [0.1, 0.15) is 31.6 Å². The van der Waals surface area contributed by atoms with Crippen LogP contribution in [0, 0.1) is 0 Å². The first-order chi connectivity index (χ1) is 9.67. The Morgan fingerprint density at radius 1 is 1.45 bits per heavy atom. The molecule has 0 spiro atoms. The summed E-state index contributed by atoms with van der Waals surface area (Å²) in [5, 5.41) is 0.610. The van der Waals surface area contributed by atoms with Crippen LogP contribution < -0.4 is 10.5 Å². The van der Waals surface area contributed by atoms with Gasteiger partial charge < -0.3 is 15.0 Å². The number of nitrogens with two attached hydrogens (primary N) is 1. The predicted molar refractivity (Wildman–Crippen MR) is 81.3 cm³/mol. The number of imidazole rings is 1. The molecule has 0 bridgehead atoms. The predicted octanol–water partition coefficient (Wildman–Crippen LogP) is 3.69. The second-order valence-electron chi connectivity index (χ2n) is 5.03. The van der Waals surface area contributed by atoms with Crippen molar-refractivity contribution in [2.75, 3.05) is 12.8 Å². The van der Waals surface area contributed by atoms with Crippen LogP contribution in [0.3, 0.4) is 0 Å². The number of hydrogen-bond donors (Lipinski definition) is 1. The summed E-state index contributed by atoms with van der Waals surface area (Å²) in [4.78, 5) is 4.70. The van der Waals surface area contributed by atoms with Gasteiger partial charge in [0.1, 0.15) is 23.1 Å². The summed E-state index contributed by atoms with van der Waals surface area (Å²) in [6.07, 6.45) is 3.20. The van der Waals surface area contributed by atoms with Crippen LogP contribution in [0.5, 0.6) is 5.75 Å². The van der Waals surface area contributed by atoms with Crippen molar-refractivity contribution in [1.82, 2.24) is 9.55 Å². The lowest BCUT2D eigenvalue weighted by Crippen LogP contribution is -2.04. The van der Waals surface area contributed by atoms with E-state index in [9.17, 15) is 0 Å². The van der Waals surface area contributed by atoms with Gasteiger partial charge in [-0.15, -0.1) is 0 Å². The normalized spacial score (nSPS) is 14.6. The Bertz CT molecular complexity index is 647. The summed E-state index contributed by atoms with van der Waals surface area (Å²) in [5.41, 5.74) is 7.84. The number of halogens is 1. The van der Waals surface area contributed by atoms with Gasteiger partial charge in [-0.25, -0.2) is 4.98 Å². The highest BCUT2D eigenvalue weighted by Crippen LogP contribution is 2.44. The third-order valence-corrected chi connectivity index (χ3v) is 4.00. The molecule has 0 unspecified atom stereocenters. The van der Waals surface area contributed by atoms with E-state index in [4.69, 9.17) is 27.1 Å². The van der Waals surface area contributed by atoms with Gasteiger partial charge in [0, 0.05) is 12.5 Å². The fraction of sp³-hybridized carbons (Fsp3) is 0.400. The van der Waals surface area contributed by atoms with E-state index in [1.807, 2.05) is 18.2 Å². The number of benzene rings is 1. The molecule has 1 aliphatic rings. The largest absolute Gasteiger partial charge is 0.496 e. The fourth-order valence-corrected chi connectivity index (χ4v) is 2.83. The van der Waals surface area contributed by atoms with Crippen molar-refractivity contribution in [2.24, 2.45) is 0 Å². The molecule has 0 atom stereocenters. The van der Waals surface area contributed by atoms with Crippen molar-refractivity contribution >= 4 is 17.4 Å². The van der Waals surface area contributed by atoms with E-state index in [2.05, 4.69) is 11.5 Å². The Morgan fingerprint density at radius 2 is 2.20 bits per heavy atom. The second-order valence-corrected chi connectivity index (χ2v) is 5.44. The van der Waals surface area contributed by atoms with E-state index in [0.29, 0.717) is 22.6 Å². The lowest BCUT2D eigenvalue weighted by Gasteiger charge is -2.10. The smallest absolute Gasteiger partial charge is 0.132 e. The highest BCUT2D eigenvalue weighted by molar-refractivity contribution is 6.33. The average molecular weight is 292 g/mol. The summed E-state index contributed by atoms with van der Waals surface area (Å²) in [6.45, 7) is 2.09. The minimum Gasteiger partial charge on any atom is -0.496 e. The maximum Gasteiger partial charge on any atom is 0.132 e. The van der Waals surface area contributed by atoms with Crippen molar-refractivity contribution in [3.05, 3.63) is 29.0 Å². The number of nitrogens with zero attached hydrogens (tertiary/aromatic N) is 2. The van der Waals surface area contributed by atoms with E-state index in [0.717, 1.165) is 23.5 Å². The van der Waals surface area contributed by atoms with E-state index < -0.39 is 0 Å². The molecule has 2 N–H and O–H groups in total. The topological polar surface area (TPSA) is 53.1 Å². The molecule has 3 rings (SSSR count). The van der Waals surface area contributed by atoms with Crippen LogP contribution in [0.25, 0.3) is 11.3 Å². The Kier molecular flexibility index (Phi) is 3.34. The molecule has 1 fully saturated rings. The number of hydrogen-bond acceptors (Lipinski definition) is 3. The molecule has 2 aromatic rings. The fourth-order valence-electron chi connectivity index (χ4n) is 2.57. The van der Waals surface area contributed by atoms with Gasteiger partial charge in [0.2, 0.25) is 0 Å². The van der Waals surface area contributed by atoms with E-state index >= 15 is 0 Å². The SMILES string of the molecule is CCc1nc(-c2c(Cl)cccc2OC)c(N)n1C1CC1. The lowest BCUT2D eigenvalue weighted by molar-refractivity contribution is 0.416. The van der Waals surface area contributed by atoms with Crippen molar-refractivity contribution < 1.29 is 4.74 Å². The quantitative estimate of drug-likeness (QED) is 0.934. The molecule has 0 amide bonds. The number of ether oxygens (including phenoxy) is 1. The van der Waals surface area contributed by atoms with Crippen molar-refractivity contribution in [3.63, 3.8) is 0 Å². The number of aryl methyl sites for hydroxylation is 1. The molecule has 4 nitrogen and oxygen atoms in total. The summed E-state index contributed by atoms with van der Waals surface area (Å²) in [6, 6.07) is 6.07. The zero-order valence-electron chi connectivity index (χ0n) is 11.7. The molecule has 1 saturated carbocycles. The number of aromatic nitrogens is 2. The molecular weight excluding hydrogens is 274 g/mol. The highest BCUT2D eigenvalue weighted by Gasteiger charge is 2.30. The van der Waals surface area contributed by atoms with E-state index in [-0.39, 0.29) is 0 Å². The minimum atomic E-state index is 0.500. The van der Waals surface area contributed by atoms with E-state index in [1.165, 1.54) is 12.8 Å². The van der Waals surface area contributed by atoms with Gasteiger partial charge in [-0.1, -0.05) is 24.6 Å². The summed E-state index contributed by atoms with van der Waals surface area (Å²) in [7, 11) is 1.63. The summed E-state index contributed by atoms with van der Waals surface area (Å²) >= 11 is 6.33. The first kappa shape index (κ1) is 13.3. The number of nitrogen functional groups attached to an aromatic ring is 1. The highest BCUT2D eigenvalue weighted by atomic mass is 35.5. The van der Waals surface area contributed by atoms with Gasteiger partial charge in [0.25, 0.3) is 0 Å². The van der Waals surface area contributed by atoms with Crippen LogP contribution in [0.15, 0.2) is 18.2 Å². The molecule has 1 heterocycles. The van der Waals surface area contributed by atoms with Crippen LogP contribution in [-0.2, 0) is 6.42 Å². The van der Waals surface area contributed by atoms with Crippen molar-refractivity contribution in [1.29, 1.82) is 0 Å². The van der Waals surface area contributed by atoms with Crippen molar-refractivity contribution in [3.8, 4) is 17.0 Å². The van der Waals surface area contributed by atoms with Gasteiger partial charge in [0.05, 0.1) is 17.7 Å². The van der Waals surface area contributed by atoms with Crippen LogP contribution in [-0.4, -0.2) is 16.7 Å². The Labute approximate surface area is 123 Å². The Balaban J connectivity index is 2.20. The first-order valence-corrected chi connectivity index (χ1v) is 7.24. The Hall–Kier alpha value is -1.68. The number of anilines is 1. The molecule has 0 aliphatic heterocycles. The van der Waals surface area contributed by atoms with Gasteiger partial charge in [-0.05, 0) is 25.0 Å². The molecule has 1 aliphatic carbocycles. The molecule has 5 heteroatoms. The van der Waals surface area contributed by atoms with Crippen molar-refractivity contribution in [2.45, 2.75) is 32.2 Å². The van der Waals surface area contributed by atoms with Gasteiger partial charge >= 0.3 is 0 Å². The number of rotatable bonds is 4. The minimum absolute atomic E-state index is 0.500. The van der Waals surface area contributed by atoms with Crippen LogP contribution >= 0.6 is 11.6 Å². The van der Waals surface area contributed by atoms with Crippen LogP contribution in [0.2, 0.25) is 5.02 Å². The zero-order valence-corrected chi connectivity index (χ0v) is 12.4. The van der Waals surface area contributed by atoms with Gasteiger partial charge in [-0.2, -0.15) is 0 Å². The molecule has 1 aromatic heterocycles. The van der Waals surface area contributed by atoms with Gasteiger partial charge in [-0.3, -0.25) is 0 Å². The third kappa shape index (κ3) is 2.04. The molecule has 0 radical (unpaired) electrons. The summed E-state index contributed by atoms with van der Waals surface area (Å²) in [5.74, 6) is 2.41. The average Bonchev–Trinajstić information content (AvgIpc) is 3.23. The second kappa shape index (κ2) is 5.02. The Morgan fingerprint density at radius 3 is 2.80 bits per heavy atom. The zero-order chi connectivity index (χ0) is 14.3. The monoisotopic (exact) mass is 291 g/mol. The number of methoxy groups -OCH3 is 1. The maximum atomic E-state index is 6.33. The maximum absolute atomic E-state index is 6.33. The van der Waals surface area contributed by atoms with Crippen LogP contribution in [0.4, 0.5) is 5.82 Å².